The van der Waals surface area contributed by atoms with Crippen LogP contribution in [-0.2, 0) is 0 Å². The molecule has 6 aromatic rings. The van der Waals surface area contributed by atoms with Crippen LogP contribution in [0.2, 0.25) is 0 Å². The lowest BCUT2D eigenvalue weighted by atomic mass is 9.91. The van der Waals surface area contributed by atoms with Crippen molar-refractivity contribution < 1.29 is 0 Å². The maximum absolute atomic E-state index is 9.51. The van der Waals surface area contributed by atoms with Gasteiger partial charge in [-0.1, -0.05) is 99.2 Å². The lowest BCUT2D eigenvalue weighted by Crippen LogP contribution is -2.25. The Labute approximate surface area is 296 Å². The van der Waals surface area contributed by atoms with Crippen molar-refractivity contribution in [3.05, 3.63) is 149 Å². The summed E-state index contributed by atoms with van der Waals surface area (Å²) < 4.78 is 0. The first-order valence-corrected chi connectivity index (χ1v) is 17.6. The van der Waals surface area contributed by atoms with E-state index in [1.807, 2.05) is 52.0 Å². The van der Waals surface area contributed by atoms with Gasteiger partial charge in [-0.3, -0.25) is 0 Å². The molecule has 2 aliphatic carbocycles. The van der Waals surface area contributed by atoms with E-state index in [-0.39, 0.29) is 0 Å². The Morgan fingerprint density at radius 2 is 1.10 bits per heavy atom. The van der Waals surface area contributed by atoms with Crippen molar-refractivity contribution >= 4 is 55.1 Å². The van der Waals surface area contributed by atoms with Gasteiger partial charge in [0.15, 0.2) is 0 Å². The van der Waals surface area contributed by atoms with Gasteiger partial charge in [0.2, 0.25) is 0 Å². The first-order chi connectivity index (χ1) is 24.5. The van der Waals surface area contributed by atoms with E-state index in [9.17, 15) is 10.5 Å². The molecule has 0 fully saturated rings. The number of nitrogens with zero attached hydrogens (tertiary/aromatic N) is 4. The minimum Gasteiger partial charge on any atom is -0.310 e. The minimum atomic E-state index is 0.624. The number of hydrogen-bond donors (Lipinski definition) is 0. The van der Waals surface area contributed by atoms with Crippen molar-refractivity contribution in [2.24, 2.45) is 0 Å². The zero-order chi connectivity index (χ0) is 35.4. The Bertz CT molecular complexity index is 2400. The van der Waals surface area contributed by atoms with Gasteiger partial charge < -0.3 is 9.80 Å². The predicted molar refractivity (Wildman–Crippen MR) is 211 cm³/mol. The van der Waals surface area contributed by atoms with Crippen LogP contribution in [0.5, 0.6) is 0 Å². The second-order valence-corrected chi connectivity index (χ2v) is 12.3. The highest BCUT2D eigenvalue weighted by Gasteiger charge is 2.26. The Hall–Kier alpha value is -6.06. The number of benzene rings is 6. The van der Waals surface area contributed by atoms with Gasteiger partial charge in [-0.05, 0) is 103 Å². The minimum absolute atomic E-state index is 0.624. The van der Waals surface area contributed by atoms with Crippen LogP contribution in [0, 0.1) is 29.6 Å². The maximum Gasteiger partial charge on any atom is 0.104 e. The molecule has 0 atom stereocenters. The van der Waals surface area contributed by atoms with Crippen molar-refractivity contribution in [3.63, 3.8) is 0 Å². The number of hydrogen-bond acceptors (Lipinski definition) is 4. The molecule has 0 amide bonds. The molecule has 0 saturated carbocycles. The van der Waals surface area contributed by atoms with Crippen molar-refractivity contribution in [2.45, 2.75) is 60.8 Å². The summed E-state index contributed by atoms with van der Waals surface area (Å²) in [6, 6.07) is 38.8. The molecule has 246 valence electrons. The summed E-state index contributed by atoms with van der Waals surface area (Å²) in [6.45, 7) is 12.3. The number of allylic oxidation sites excluding steroid dienone is 4. The molecule has 0 N–H and O–H groups in total. The first-order valence-electron chi connectivity index (χ1n) is 17.6. The van der Waals surface area contributed by atoms with Gasteiger partial charge in [-0.25, -0.2) is 0 Å². The summed E-state index contributed by atoms with van der Waals surface area (Å²) >= 11 is 0. The lowest BCUT2D eigenvalue weighted by molar-refractivity contribution is 0.838. The highest BCUT2D eigenvalue weighted by molar-refractivity contribution is 6.27. The normalized spacial score (nSPS) is 13.3. The van der Waals surface area contributed by atoms with Gasteiger partial charge >= 0.3 is 0 Å². The van der Waals surface area contributed by atoms with Gasteiger partial charge in [0.1, 0.15) is 6.07 Å². The fourth-order valence-electron chi connectivity index (χ4n) is 6.88. The number of anilines is 4. The zero-order valence-electron chi connectivity index (χ0n) is 29.8. The zero-order valence-corrected chi connectivity index (χ0v) is 29.8. The van der Waals surface area contributed by atoms with Gasteiger partial charge in [-0.15, -0.1) is 0 Å². The molecule has 0 bridgehead atoms. The predicted octanol–water partition coefficient (Wildman–Crippen LogP) is 13.1. The standard InChI is InChI=1S/C42H30N4.2C2H6/c1-27-3-13-33(14-4-27)45(35-17-7-29(25-43)8-18-35)39-21-11-31-10-20-38-40(22-12-32-9-19-37(39)41(31)42(32)38)46(36-23-30(24-36)26-44)34-15-5-28(2)6-16-34;2*1-2/h3-5,7-15,17-22H,6,16,23H2,1-2H3;2*1-2H3. The maximum atomic E-state index is 9.51. The molecule has 0 aromatic heterocycles. The van der Waals surface area contributed by atoms with E-state index in [4.69, 9.17) is 0 Å². The third-order valence-corrected chi connectivity index (χ3v) is 9.31. The quantitative estimate of drug-likeness (QED) is 0.133. The molecule has 6 aromatic carbocycles. The molecule has 0 spiro atoms. The molecule has 0 saturated heterocycles. The van der Waals surface area contributed by atoms with E-state index in [1.165, 1.54) is 43.8 Å². The number of rotatable bonds is 6. The van der Waals surface area contributed by atoms with Crippen molar-refractivity contribution in [1.29, 1.82) is 10.5 Å². The summed E-state index contributed by atoms with van der Waals surface area (Å²) in [5.41, 5.74) is 13.8. The third kappa shape index (κ3) is 6.03. The summed E-state index contributed by atoms with van der Waals surface area (Å²) in [5.74, 6) is 0. The molecule has 50 heavy (non-hydrogen) atoms. The number of nitriles is 2. The van der Waals surface area contributed by atoms with Gasteiger partial charge in [0, 0.05) is 34.3 Å². The molecule has 4 heteroatoms. The Balaban J connectivity index is 0.00000104. The Morgan fingerprint density at radius 1 is 0.580 bits per heavy atom. The molecule has 2 aliphatic rings. The highest BCUT2D eigenvalue weighted by atomic mass is 15.2. The summed E-state index contributed by atoms with van der Waals surface area (Å²) in [5, 5.41) is 26.2. The lowest BCUT2D eigenvalue weighted by Gasteiger charge is -2.34. The monoisotopic (exact) mass is 650 g/mol. The topological polar surface area (TPSA) is 54.1 Å². The second-order valence-electron chi connectivity index (χ2n) is 12.3. The van der Waals surface area contributed by atoms with Crippen LogP contribution in [0.15, 0.2) is 137 Å². The molecular weight excluding hydrogens is 609 g/mol. The molecule has 0 aliphatic heterocycles. The van der Waals surface area contributed by atoms with Crippen LogP contribution >= 0.6 is 0 Å². The summed E-state index contributed by atoms with van der Waals surface area (Å²) in [7, 11) is 0. The summed E-state index contributed by atoms with van der Waals surface area (Å²) in [6.07, 6.45) is 7.02. The Morgan fingerprint density at radius 3 is 1.60 bits per heavy atom. The van der Waals surface area contributed by atoms with E-state index in [0.29, 0.717) is 17.6 Å². The van der Waals surface area contributed by atoms with Crippen LogP contribution in [-0.4, -0.2) is 0 Å². The first kappa shape index (κ1) is 33.8. The van der Waals surface area contributed by atoms with Gasteiger partial charge in [-0.2, -0.15) is 10.5 Å². The van der Waals surface area contributed by atoms with E-state index in [2.05, 4.69) is 126 Å². The number of aryl methyl sites for hydroxylation is 1. The van der Waals surface area contributed by atoms with Gasteiger partial charge in [0.25, 0.3) is 0 Å². The largest absolute Gasteiger partial charge is 0.310 e. The van der Waals surface area contributed by atoms with E-state index in [1.54, 1.807) is 0 Å². The smallest absolute Gasteiger partial charge is 0.104 e. The van der Waals surface area contributed by atoms with Crippen LogP contribution in [0.1, 0.15) is 65.0 Å². The Kier molecular flexibility index (Phi) is 9.87. The highest BCUT2D eigenvalue weighted by Crippen LogP contribution is 2.47. The van der Waals surface area contributed by atoms with Crippen LogP contribution in [0.4, 0.5) is 22.7 Å². The van der Waals surface area contributed by atoms with Crippen molar-refractivity contribution in [1.82, 2.24) is 0 Å². The van der Waals surface area contributed by atoms with Crippen molar-refractivity contribution in [2.75, 3.05) is 9.80 Å². The average molecular weight is 651 g/mol. The van der Waals surface area contributed by atoms with E-state index in [0.717, 1.165) is 46.7 Å². The van der Waals surface area contributed by atoms with E-state index < -0.39 is 0 Å². The molecule has 8 rings (SSSR count). The molecule has 0 unspecified atom stereocenters. The van der Waals surface area contributed by atoms with E-state index >= 15 is 0 Å². The van der Waals surface area contributed by atoms with Crippen molar-refractivity contribution in [3.8, 4) is 12.1 Å². The van der Waals surface area contributed by atoms with Crippen LogP contribution in [0.25, 0.3) is 32.3 Å². The fraction of sp³-hybridized carbons (Fsp3) is 0.196. The third-order valence-electron chi connectivity index (χ3n) is 9.31. The van der Waals surface area contributed by atoms with Crippen LogP contribution in [0.3, 0.4) is 0 Å². The molecule has 4 nitrogen and oxygen atoms in total. The molecule has 0 heterocycles. The SMILES string of the molecule is CC.CC.CC1=CC=C(N(C2=C=C(C#N)C2)c2ccc3ccc4c(N(c5ccc(C)cc5)c5ccc(C#N)cc5)ccc5ccc2c3c54)CC1. The fourth-order valence-corrected chi connectivity index (χ4v) is 6.88. The summed E-state index contributed by atoms with van der Waals surface area (Å²) in [4.78, 5) is 4.63. The second kappa shape index (κ2) is 14.6. The molecule has 0 radical (unpaired) electrons. The average Bonchev–Trinajstić information content (AvgIpc) is 3.15. The van der Waals surface area contributed by atoms with Gasteiger partial charge in [0.05, 0.1) is 34.3 Å². The molecular formula is C46H42N4. The van der Waals surface area contributed by atoms with Crippen LogP contribution < -0.4 is 9.80 Å².